The molecule has 0 saturated carbocycles. The molecule has 0 amide bonds. The fraction of sp³-hybridized carbons (Fsp3) is 0.214. The SMILES string of the molecule is CN(C)Cc1cc2c([nH]c(=O)c3ccc(Cl)cc32)s1. The number of benzene rings is 1. The highest BCUT2D eigenvalue weighted by molar-refractivity contribution is 7.18. The fourth-order valence-corrected chi connectivity index (χ4v) is 3.59. The van der Waals surface area contributed by atoms with Gasteiger partial charge in [-0.1, -0.05) is 11.6 Å². The van der Waals surface area contributed by atoms with Crippen LogP contribution in [0.1, 0.15) is 4.88 Å². The molecule has 98 valence electrons. The van der Waals surface area contributed by atoms with Crippen molar-refractivity contribution in [3.8, 4) is 0 Å². The van der Waals surface area contributed by atoms with Crippen LogP contribution in [0.2, 0.25) is 5.02 Å². The second kappa shape index (κ2) is 4.63. The number of H-pyrrole nitrogens is 1. The molecule has 0 aliphatic heterocycles. The lowest BCUT2D eigenvalue weighted by atomic mass is 10.1. The lowest BCUT2D eigenvalue weighted by Crippen LogP contribution is -2.09. The van der Waals surface area contributed by atoms with E-state index in [9.17, 15) is 4.79 Å². The third-order valence-corrected chi connectivity index (χ3v) is 4.27. The predicted molar refractivity (Wildman–Crippen MR) is 82.4 cm³/mol. The average Bonchev–Trinajstić information content (AvgIpc) is 2.70. The Kier molecular flexibility index (Phi) is 3.09. The van der Waals surface area contributed by atoms with Crippen molar-refractivity contribution >= 4 is 43.9 Å². The second-order valence-corrected chi connectivity index (χ2v) is 6.41. The van der Waals surface area contributed by atoms with E-state index < -0.39 is 0 Å². The van der Waals surface area contributed by atoms with Crippen LogP contribution in [0.25, 0.3) is 21.0 Å². The minimum absolute atomic E-state index is 0.0579. The highest BCUT2D eigenvalue weighted by atomic mass is 35.5. The van der Waals surface area contributed by atoms with Crippen molar-refractivity contribution in [3.05, 3.63) is 44.5 Å². The summed E-state index contributed by atoms with van der Waals surface area (Å²) in [4.78, 5) is 19.2. The van der Waals surface area contributed by atoms with Crippen LogP contribution in [-0.4, -0.2) is 24.0 Å². The van der Waals surface area contributed by atoms with Gasteiger partial charge in [-0.3, -0.25) is 4.79 Å². The molecule has 0 aliphatic carbocycles. The zero-order valence-electron chi connectivity index (χ0n) is 10.7. The number of thiophene rings is 1. The normalized spacial score (nSPS) is 11.8. The van der Waals surface area contributed by atoms with E-state index in [-0.39, 0.29) is 5.56 Å². The Morgan fingerprint density at radius 2 is 2.00 bits per heavy atom. The average molecular weight is 293 g/mol. The number of aromatic nitrogens is 1. The van der Waals surface area contributed by atoms with Gasteiger partial charge in [0.1, 0.15) is 4.83 Å². The molecule has 0 aliphatic rings. The first-order valence-electron chi connectivity index (χ1n) is 5.93. The summed E-state index contributed by atoms with van der Waals surface area (Å²) in [6.45, 7) is 0.865. The van der Waals surface area contributed by atoms with Crippen LogP contribution in [0.3, 0.4) is 0 Å². The third kappa shape index (κ3) is 2.27. The first-order valence-corrected chi connectivity index (χ1v) is 7.13. The van der Waals surface area contributed by atoms with Crippen molar-refractivity contribution in [2.45, 2.75) is 6.54 Å². The van der Waals surface area contributed by atoms with Gasteiger partial charge in [0.05, 0.1) is 0 Å². The number of hydrogen-bond acceptors (Lipinski definition) is 3. The van der Waals surface area contributed by atoms with Crippen LogP contribution in [0.15, 0.2) is 29.1 Å². The van der Waals surface area contributed by atoms with Crippen molar-refractivity contribution in [3.63, 3.8) is 0 Å². The van der Waals surface area contributed by atoms with Gasteiger partial charge < -0.3 is 9.88 Å². The van der Waals surface area contributed by atoms with Gasteiger partial charge in [-0.05, 0) is 43.7 Å². The molecule has 3 aromatic rings. The van der Waals surface area contributed by atoms with E-state index in [1.54, 1.807) is 23.5 Å². The van der Waals surface area contributed by atoms with Crippen molar-refractivity contribution in [2.75, 3.05) is 14.1 Å². The molecule has 0 saturated heterocycles. The monoisotopic (exact) mass is 292 g/mol. The molecule has 0 bridgehead atoms. The van der Waals surface area contributed by atoms with E-state index in [4.69, 9.17) is 11.6 Å². The smallest absolute Gasteiger partial charge is 0.256 e. The quantitative estimate of drug-likeness (QED) is 0.785. The maximum absolute atomic E-state index is 12.0. The van der Waals surface area contributed by atoms with Gasteiger partial charge in [0.2, 0.25) is 0 Å². The molecule has 0 fully saturated rings. The maximum Gasteiger partial charge on any atom is 0.256 e. The zero-order chi connectivity index (χ0) is 13.6. The Balaban J connectivity index is 2.35. The summed E-state index contributed by atoms with van der Waals surface area (Å²) in [6, 6.07) is 7.52. The van der Waals surface area contributed by atoms with Crippen molar-refractivity contribution < 1.29 is 0 Å². The summed E-state index contributed by atoms with van der Waals surface area (Å²) in [7, 11) is 4.06. The summed E-state index contributed by atoms with van der Waals surface area (Å²) < 4.78 is 0. The fourth-order valence-electron chi connectivity index (χ4n) is 2.23. The van der Waals surface area contributed by atoms with Crippen LogP contribution in [0.5, 0.6) is 0 Å². The molecule has 0 spiro atoms. The van der Waals surface area contributed by atoms with Crippen LogP contribution in [0.4, 0.5) is 0 Å². The number of aromatic amines is 1. The number of nitrogens with zero attached hydrogens (tertiary/aromatic N) is 1. The minimum atomic E-state index is -0.0579. The van der Waals surface area contributed by atoms with Gasteiger partial charge in [0.25, 0.3) is 5.56 Å². The molecule has 5 heteroatoms. The molecule has 2 aromatic heterocycles. The number of halogens is 1. The Morgan fingerprint density at radius 3 is 2.74 bits per heavy atom. The number of rotatable bonds is 2. The minimum Gasteiger partial charge on any atom is -0.313 e. The molecule has 3 nitrogen and oxygen atoms in total. The topological polar surface area (TPSA) is 36.1 Å². The summed E-state index contributed by atoms with van der Waals surface area (Å²) in [6.07, 6.45) is 0. The van der Waals surface area contributed by atoms with Crippen LogP contribution in [-0.2, 0) is 6.54 Å². The van der Waals surface area contributed by atoms with Gasteiger partial charge in [0, 0.05) is 27.2 Å². The number of nitrogens with one attached hydrogen (secondary N) is 1. The van der Waals surface area contributed by atoms with Crippen molar-refractivity contribution in [1.82, 2.24) is 9.88 Å². The molecule has 1 aromatic carbocycles. The Morgan fingerprint density at radius 1 is 1.21 bits per heavy atom. The van der Waals surface area contributed by atoms with Crippen LogP contribution < -0.4 is 5.56 Å². The maximum atomic E-state index is 12.0. The second-order valence-electron chi connectivity index (χ2n) is 4.84. The standard InChI is InChI=1S/C14H13ClN2OS/c1-17(2)7-9-6-12-11-5-8(15)3-4-10(11)13(18)16-14(12)19-9/h3-6H,7H2,1-2H3,(H,16,18). The van der Waals surface area contributed by atoms with Gasteiger partial charge in [-0.25, -0.2) is 0 Å². The first-order chi connectivity index (χ1) is 9.04. The van der Waals surface area contributed by atoms with Gasteiger partial charge in [-0.15, -0.1) is 11.3 Å². The van der Waals surface area contributed by atoms with Crippen molar-refractivity contribution in [2.24, 2.45) is 0 Å². The largest absolute Gasteiger partial charge is 0.313 e. The number of fused-ring (bicyclic) bond motifs is 3. The number of hydrogen-bond donors (Lipinski definition) is 1. The van der Waals surface area contributed by atoms with Crippen molar-refractivity contribution in [1.29, 1.82) is 0 Å². The van der Waals surface area contributed by atoms with E-state index >= 15 is 0 Å². The van der Waals surface area contributed by atoms with Crippen LogP contribution >= 0.6 is 22.9 Å². The Hall–Kier alpha value is -1.36. The van der Waals surface area contributed by atoms with Gasteiger partial charge >= 0.3 is 0 Å². The lowest BCUT2D eigenvalue weighted by Gasteiger charge is -2.05. The highest BCUT2D eigenvalue weighted by Crippen LogP contribution is 2.30. The lowest BCUT2D eigenvalue weighted by molar-refractivity contribution is 0.406. The summed E-state index contributed by atoms with van der Waals surface area (Å²) in [5.74, 6) is 0. The van der Waals surface area contributed by atoms with E-state index in [1.165, 1.54) is 4.88 Å². The third-order valence-electron chi connectivity index (χ3n) is 3.00. The predicted octanol–water partition coefficient (Wildman–Crippen LogP) is 3.46. The molecule has 1 N–H and O–H groups in total. The zero-order valence-corrected chi connectivity index (χ0v) is 12.2. The Labute approximate surface area is 119 Å². The van der Waals surface area contributed by atoms with E-state index in [0.717, 1.165) is 22.1 Å². The summed E-state index contributed by atoms with van der Waals surface area (Å²) >= 11 is 7.67. The molecular weight excluding hydrogens is 280 g/mol. The molecule has 0 unspecified atom stereocenters. The molecule has 19 heavy (non-hydrogen) atoms. The molecule has 2 heterocycles. The molecule has 0 atom stereocenters. The molecule has 0 radical (unpaired) electrons. The molecular formula is C14H13ClN2OS. The van der Waals surface area contributed by atoms with E-state index in [2.05, 4.69) is 16.0 Å². The summed E-state index contributed by atoms with van der Waals surface area (Å²) in [5.41, 5.74) is -0.0579. The van der Waals surface area contributed by atoms with Gasteiger partial charge in [-0.2, -0.15) is 0 Å². The Bertz CT molecular complexity index is 819. The molecule has 3 rings (SSSR count). The summed E-state index contributed by atoms with van der Waals surface area (Å²) in [5, 5.41) is 3.33. The van der Waals surface area contributed by atoms with E-state index in [0.29, 0.717) is 10.4 Å². The first kappa shape index (κ1) is 12.7. The van der Waals surface area contributed by atoms with Gasteiger partial charge in [0.15, 0.2) is 0 Å². The highest BCUT2D eigenvalue weighted by Gasteiger charge is 2.10. The van der Waals surface area contributed by atoms with E-state index in [1.807, 2.05) is 20.2 Å². The van der Waals surface area contributed by atoms with Crippen LogP contribution in [0, 0.1) is 0 Å². The number of pyridine rings is 1.